The molecule has 0 unspecified atom stereocenters. The van der Waals surface area contributed by atoms with E-state index in [-0.39, 0.29) is 11.2 Å². The van der Waals surface area contributed by atoms with Crippen molar-refractivity contribution in [3.05, 3.63) is 47.8 Å². The molecule has 0 saturated carbocycles. The second-order valence-corrected chi connectivity index (χ2v) is 5.70. The lowest BCUT2D eigenvalue weighted by molar-refractivity contribution is 0.590. The molecular weight excluding hydrogens is 227 g/mol. The van der Waals surface area contributed by atoms with Gasteiger partial charge >= 0.3 is 0 Å². The fraction of sp³-hybridized carbons (Fsp3) is 0.250. The van der Waals surface area contributed by atoms with Crippen molar-refractivity contribution < 1.29 is 8.81 Å². The highest BCUT2D eigenvalue weighted by atomic mass is 19.1. The normalized spacial score (nSPS) is 12.4. The lowest BCUT2D eigenvalue weighted by Gasteiger charge is -2.18. The fourth-order valence-corrected chi connectivity index (χ4v) is 2.22. The second kappa shape index (κ2) is 3.58. The smallest absolute Gasteiger partial charge is 0.138 e. The number of hydrogen-bond donors (Lipinski definition) is 0. The lowest BCUT2D eigenvalue weighted by atomic mass is 9.86. The van der Waals surface area contributed by atoms with Crippen molar-refractivity contribution in [3.8, 4) is 0 Å². The third-order valence-corrected chi connectivity index (χ3v) is 3.30. The molecule has 1 aromatic heterocycles. The third-order valence-electron chi connectivity index (χ3n) is 3.30. The molecular formula is C16H15FO. The molecule has 0 fully saturated rings. The average Bonchev–Trinajstić information content (AvgIpc) is 2.63. The van der Waals surface area contributed by atoms with Crippen LogP contribution in [0.5, 0.6) is 0 Å². The third kappa shape index (κ3) is 1.69. The standard InChI is InChI=1S/C16H15FO/c1-16(2,3)10-4-7-14-13(8-10)12-6-5-11(17)9-15(12)18-14/h4-9H,1-3H3. The van der Waals surface area contributed by atoms with Gasteiger partial charge in [-0.3, -0.25) is 0 Å². The number of halogens is 1. The highest BCUT2D eigenvalue weighted by Crippen LogP contribution is 2.32. The molecule has 2 heteroatoms. The molecule has 0 atom stereocenters. The summed E-state index contributed by atoms with van der Waals surface area (Å²) in [5.41, 5.74) is 2.76. The number of furan rings is 1. The summed E-state index contributed by atoms with van der Waals surface area (Å²) in [4.78, 5) is 0. The Hall–Kier alpha value is -1.83. The van der Waals surface area contributed by atoms with E-state index in [1.807, 2.05) is 6.07 Å². The molecule has 0 aliphatic heterocycles. The minimum atomic E-state index is -0.266. The van der Waals surface area contributed by atoms with Crippen LogP contribution in [0.25, 0.3) is 21.9 Å². The maximum absolute atomic E-state index is 13.2. The number of hydrogen-bond acceptors (Lipinski definition) is 1. The Balaban J connectivity index is 2.36. The van der Waals surface area contributed by atoms with Crippen molar-refractivity contribution in [1.82, 2.24) is 0 Å². The average molecular weight is 242 g/mol. The van der Waals surface area contributed by atoms with Crippen LogP contribution in [0.4, 0.5) is 4.39 Å². The van der Waals surface area contributed by atoms with Gasteiger partial charge in [-0.15, -0.1) is 0 Å². The second-order valence-electron chi connectivity index (χ2n) is 5.70. The predicted octanol–water partition coefficient (Wildman–Crippen LogP) is 5.02. The summed E-state index contributed by atoms with van der Waals surface area (Å²) in [7, 11) is 0. The lowest BCUT2D eigenvalue weighted by Crippen LogP contribution is -2.10. The van der Waals surface area contributed by atoms with Gasteiger partial charge in [-0.2, -0.15) is 0 Å². The molecule has 1 heterocycles. The summed E-state index contributed by atoms with van der Waals surface area (Å²) < 4.78 is 18.8. The molecule has 0 aliphatic rings. The van der Waals surface area contributed by atoms with Gasteiger partial charge < -0.3 is 4.42 Å². The van der Waals surface area contributed by atoms with Crippen LogP contribution in [0.2, 0.25) is 0 Å². The van der Waals surface area contributed by atoms with E-state index in [4.69, 9.17) is 4.42 Å². The van der Waals surface area contributed by atoms with Gasteiger partial charge in [0, 0.05) is 16.8 Å². The van der Waals surface area contributed by atoms with Gasteiger partial charge in [-0.25, -0.2) is 4.39 Å². The summed E-state index contributed by atoms with van der Waals surface area (Å²) >= 11 is 0. The van der Waals surface area contributed by atoms with Crippen molar-refractivity contribution in [2.75, 3.05) is 0 Å². The molecule has 0 aliphatic carbocycles. The Morgan fingerprint density at radius 2 is 1.67 bits per heavy atom. The van der Waals surface area contributed by atoms with E-state index >= 15 is 0 Å². The van der Waals surface area contributed by atoms with Crippen LogP contribution < -0.4 is 0 Å². The number of benzene rings is 2. The molecule has 18 heavy (non-hydrogen) atoms. The fourth-order valence-electron chi connectivity index (χ4n) is 2.22. The summed E-state index contributed by atoms with van der Waals surface area (Å²) in [6, 6.07) is 10.9. The molecule has 0 N–H and O–H groups in total. The highest BCUT2D eigenvalue weighted by molar-refractivity contribution is 6.05. The van der Waals surface area contributed by atoms with E-state index in [1.54, 1.807) is 6.07 Å². The Morgan fingerprint density at radius 3 is 2.39 bits per heavy atom. The van der Waals surface area contributed by atoms with Crippen molar-refractivity contribution >= 4 is 21.9 Å². The molecule has 0 radical (unpaired) electrons. The maximum Gasteiger partial charge on any atom is 0.138 e. The van der Waals surface area contributed by atoms with Crippen molar-refractivity contribution in [2.45, 2.75) is 26.2 Å². The maximum atomic E-state index is 13.2. The Bertz CT molecular complexity index is 732. The van der Waals surface area contributed by atoms with E-state index < -0.39 is 0 Å². The van der Waals surface area contributed by atoms with Crippen LogP contribution in [0, 0.1) is 5.82 Å². The van der Waals surface area contributed by atoms with Gasteiger partial charge in [0.15, 0.2) is 0 Å². The minimum absolute atomic E-state index is 0.0951. The van der Waals surface area contributed by atoms with Gasteiger partial charge in [0.25, 0.3) is 0 Å². The number of fused-ring (bicyclic) bond motifs is 3. The summed E-state index contributed by atoms with van der Waals surface area (Å²) in [5.74, 6) is -0.266. The van der Waals surface area contributed by atoms with E-state index in [9.17, 15) is 4.39 Å². The van der Waals surface area contributed by atoms with Gasteiger partial charge in [0.2, 0.25) is 0 Å². The minimum Gasteiger partial charge on any atom is -0.456 e. The van der Waals surface area contributed by atoms with Crippen molar-refractivity contribution in [1.29, 1.82) is 0 Å². The van der Waals surface area contributed by atoms with Crippen LogP contribution in [0.1, 0.15) is 26.3 Å². The van der Waals surface area contributed by atoms with E-state index in [0.29, 0.717) is 5.58 Å². The largest absolute Gasteiger partial charge is 0.456 e. The summed E-state index contributed by atoms with van der Waals surface area (Å²) in [6.07, 6.45) is 0. The van der Waals surface area contributed by atoms with Gasteiger partial charge in [0.05, 0.1) is 0 Å². The molecule has 2 aromatic carbocycles. The van der Waals surface area contributed by atoms with Crippen LogP contribution >= 0.6 is 0 Å². The zero-order valence-electron chi connectivity index (χ0n) is 10.8. The molecule has 0 spiro atoms. The van der Waals surface area contributed by atoms with E-state index in [2.05, 4.69) is 32.9 Å². The van der Waals surface area contributed by atoms with E-state index in [1.165, 1.54) is 17.7 Å². The Morgan fingerprint density at radius 1 is 0.889 bits per heavy atom. The van der Waals surface area contributed by atoms with Crippen LogP contribution in [-0.4, -0.2) is 0 Å². The van der Waals surface area contributed by atoms with E-state index in [0.717, 1.165) is 16.4 Å². The van der Waals surface area contributed by atoms with Gasteiger partial charge in [0.1, 0.15) is 17.0 Å². The van der Waals surface area contributed by atoms with Crippen LogP contribution in [-0.2, 0) is 5.41 Å². The first-order valence-corrected chi connectivity index (χ1v) is 6.07. The van der Waals surface area contributed by atoms with Crippen molar-refractivity contribution in [2.24, 2.45) is 0 Å². The first-order chi connectivity index (χ1) is 8.45. The predicted molar refractivity (Wildman–Crippen MR) is 72.4 cm³/mol. The molecule has 1 nitrogen and oxygen atoms in total. The van der Waals surface area contributed by atoms with Crippen molar-refractivity contribution in [3.63, 3.8) is 0 Å². The van der Waals surface area contributed by atoms with Crippen LogP contribution in [0.15, 0.2) is 40.8 Å². The highest BCUT2D eigenvalue weighted by Gasteiger charge is 2.16. The topological polar surface area (TPSA) is 13.1 Å². The molecule has 92 valence electrons. The first kappa shape index (κ1) is 11.3. The molecule has 0 amide bonds. The SMILES string of the molecule is CC(C)(C)c1ccc2oc3cc(F)ccc3c2c1. The summed E-state index contributed by atoms with van der Waals surface area (Å²) in [6.45, 7) is 6.53. The Kier molecular flexibility index (Phi) is 2.24. The van der Waals surface area contributed by atoms with Crippen LogP contribution in [0.3, 0.4) is 0 Å². The molecule has 3 aromatic rings. The monoisotopic (exact) mass is 242 g/mol. The zero-order valence-corrected chi connectivity index (χ0v) is 10.8. The molecule has 3 rings (SSSR count). The Labute approximate surface area is 105 Å². The quantitative estimate of drug-likeness (QED) is 0.539. The van der Waals surface area contributed by atoms with Gasteiger partial charge in [-0.05, 0) is 35.2 Å². The van der Waals surface area contributed by atoms with Gasteiger partial charge in [-0.1, -0.05) is 26.8 Å². The summed E-state index contributed by atoms with van der Waals surface area (Å²) in [5, 5.41) is 2.02. The molecule has 0 bridgehead atoms. The molecule has 0 saturated heterocycles. The zero-order chi connectivity index (χ0) is 12.9. The number of rotatable bonds is 0. The first-order valence-electron chi connectivity index (χ1n) is 6.07.